The normalized spacial score (nSPS) is 16.0. The number of rotatable bonds is 6. The lowest BCUT2D eigenvalue weighted by molar-refractivity contribution is 0.170. The van der Waals surface area contributed by atoms with Crippen molar-refractivity contribution in [1.82, 2.24) is 5.32 Å². The molecule has 1 unspecified atom stereocenters. The minimum Gasteiger partial charge on any atom is -0.391 e. The lowest BCUT2D eigenvalue weighted by Crippen LogP contribution is -2.30. The van der Waals surface area contributed by atoms with Crippen LogP contribution in [0.25, 0.3) is 0 Å². The average molecular weight is 247 g/mol. The van der Waals surface area contributed by atoms with Crippen LogP contribution in [0.15, 0.2) is 18.2 Å². The van der Waals surface area contributed by atoms with Gasteiger partial charge in [0.2, 0.25) is 0 Å². The van der Waals surface area contributed by atoms with E-state index >= 15 is 0 Å². The highest BCUT2D eigenvalue weighted by Crippen LogP contribution is 2.23. The van der Waals surface area contributed by atoms with Crippen LogP contribution in [0.3, 0.4) is 0 Å². The number of aliphatic hydroxyl groups excluding tert-OH is 1. The van der Waals surface area contributed by atoms with Gasteiger partial charge in [-0.3, -0.25) is 0 Å². The predicted octanol–water partition coefficient (Wildman–Crippen LogP) is 2.32. The van der Waals surface area contributed by atoms with Crippen LogP contribution in [0.1, 0.15) is 37.0 Å². The lowest BCUT2D eigenvalue weighted by Gasteiger charge is -2.14. The molecule has 2 N–H and O–H groups in total. The predicted molar refractivity (Wildman–Crippen MR) is 75.9 cm³/mol. The standard InChI is InChI=1S/C16H25NO/c1-12(2)10-17-11-16(18)9-13-6-7-14-4-3-5-15(14)8-13/h6-8,12,16-18H,3-5,9-11H2,1-2H3. The van der Waals surface area contributed by atoms with Crippen LogP contribution >= 0.6 is 0 Å². The number of hydrogen-bond acceptors (Lipinski definition) is 2. The van der Waals surface area contributed by atoms with Gasteiger partial charge in [-0.25, -0.2) is 0 Å². The Bertz CT molecular complexity index is 387. The zero-order chi connectivity index (χ0) is 13.0. The molecule has 0 heterocycles. The molecule has 0 aromatic heterocycles. The summed E-state index contributed by atoms with van der Waals surface area (Å²) in [6.45, 7) is 6.02. The Balaban J connectivity index is 1.82. The monoisotopic (exact) mass is 247 g/mol. The van der Waals surface area contributed by atoms with Crippen molar-refractivity contribution in [3.05, 3.63) is 34.9 Å². The Morgan fingerprint density at radius 2 is 1.94 bits per heavy atom. The second kappa shape index (κ2) is 6.35. The van der Waals surface area contributed by atoms with Crippen LogP contribution in [0.4, 0.5) is 0 Å². The average Bonchev–Trinajstić information content (AvgIpc) is 2.75. The first-order valence-corrected chi connectivity index (χ1v) is 7.14. The van der Waals surface area contributed by atoms with Gasteiger partial charge in [0.05, 0.1) is 6.10 Å². The molecule has 1 aliphatic rings. The van der Waals surface area contributed by atoms with Crippen molar-refractivity contribution < 1.29 is 5.11 Å². The van der Waals surface area contributed by atoms with Gasteiger partial charge in [0, 0.05) is 6.54 Å². The molecule has 100 valence electrons. The topological polar surface area (TPSA) is 32.3 Å². The smallest absolute Gasteiger partial charge is 0.0704 e. The lowest BCUT2D eigenvalue weighted by atomic mass is 10.0. The van der Waals surface area contributed by atoms with E-state index in [-0.39, 0.29) is 6.10 Å². The van der Waals surface area contributed by atoms with Gasteiger partial charge in [0.25, 0.3) is 0 Å². The van der Waals surface area contributed by atoms with Crippen LogP contribution in [-0.4, -0.2) is 24.3 Å². The molecule has 0 saturated carbocycles. The van der Waals surface area contributed by atoms with Crippen molar-refractivity contribution in [2.45, 2.75) is 45.6 Å². The summed E-state index contributed by atoms with van der Waals surface area (Å²) in [5, 5.41) is 13.3. The Kier molecular flexibility index (Phi) is 4.79. The van der Waals surface area contributed by atoms with Crippen molar-refractivity contribution in [3.8, 4) is 0 Å². The minimum absolute atomic E-state index is 0.275. The number of aliphatic hydroxyl groups is 1. The number of fused-ring (bicyclic) bond motifs is 1. The summed E-state index contributed by atoms with van der Waals surface area (Å²) in [5.41, 5.74) is 4.27. The molecule has 0 saturated heterocycles. The van der Waals surface area contributed by atoms with Crippen LogP contribution in [0.2, 0.25) is 0 Å². The van der Waals surface area contributed by atoms with Gasteiger partial charge in [0.15, 0.2) is 0 Å². The highest BCUT2D eigenvalue weighted by Gasteiger charge is 2.12. The first kappa shape index (κ1) is 13.6. The van der Waals surface area contributed by atoms with E-state index in [4.69, 9.17) is 0 Å². The molecular formula is C16H25NO. The highest BCUT2D eigenvalue weighted by atomic mass is 16.3. The van der Waals surface area contributed by atoms with Gasteiger partial charge in [-0.15, -0.1) is 0 Å². The summed E-state index contributed by atoms with van der Waals surface area (Å²) >= 11 is 0. The molecule has 2 rings (SSSR count). The maximum Gasteiger partial charge on any atom is 0.0704 e. The summed E-state index contributed by atoms with van der Waals surface area (Å²) in [4.78, 5) is 0. The van der Waals surface area contributed by atoms with Crippen LogP contribution in [-0.2, 0) is 19.3 Å². The van der Waals surface area contributed by atoms with Gasteiger partial charge < -0.3 is 10.4 Å². The van der Waals surface area contributed by atoms with E-state index in [1.165, 1.54) is 36.0 Å². The highest BCUT2D eigenvalue weighted by molar-refractivity contribution is 5.35. The summed E-state index contributed by atoms with van der Waals surface area (Å²) < 4.78 is 0. The summed E-state index contributed by atoms with van der Waals surface area (Å²) in [7, 11) is 0. The van der Waals surface area contributed by atoms with E-state index < -0.39 is 0 Å². The van der Waals surface area contributed by atoms with Crippen LogP contribution < -0.4 is 5.32 Å². The van der Waals surface area contributed by atoms with Crippen LogP contribution in [0, 0.1) is 5.92 Å². The molecule has 0 spiro atoms. The summed E-state index contributed by atoms with van der Waals surface area (Å²) in [6, 6.07) is 6.70. The Labute approximate surface area is 110 Å². The van der Waals surface area contributed by atoms with E-state index in [0.29, 0.717) is 12.5 Å². The van der Waals surface area contributed by atoms with E-state index in [1.807, 2.05) is 0 Å². The number of hydrogen-bond donors (Lipinski definition) is 2. The first-order valence-electron chi connectivity index (χ1n) is 7.14. The molecule has 1 aromatic carbocycles. The third kappa shape index (κ3) is 3.82. The fourth-order valence-electron chi connectivity index (χ4n) is 2.64. The molecule has 18 heavy (non-hydrogen) atoms. The quantitative estimate of drug-likeness (QED) is 0.808. The SMILES string of the molecule is CC(C)CNCC(O)Cc1ccc2c(c1)CCC2. The molecule has 1 atom stereocenters. The maximum absolute atomic E-state index is 10.0. The fraction of sp³-hybridized carbons (Fsp3) is 0.625. The second-order valence-electron chi connectivity index (χ2n) is 5.87. The van der Waals surface area contributed by atoms with Crippen molar-refractivity contribution in [2.24, 2.45) is 5.92 Å². The fourth-order valence-corrected chi connectivity index (χ4v) is 2.64. The van der Waals surface area contributed by atoms with Crippen LogP contribution in [0.5, 0.6) is 0 Å². The van der Waals surface area contributed by atoms with Gasteiger partial charge in [-0.1, -0.05) is 32.0 Å². The Morgan fingerprint density at radius 3 is 2.72 bits per heavy atom. The third-order valence-corrected chi connectivity index (χ3v) is 3.57. The largest absolute Gasteiger partial charge is 0.391 e. The van der Waals surface area contributed by atoms with E-state index in [9.17, 15) is 5.11 Å². The van der Waals surface area contributed by atoms with Crippen molar-refractivity contribution in [3.63, 3.8) is 0 Å². The van der Waals surface area contributed by atoms with Gasteiger partial charge >= 0.3 is 0 Å². The molecule has 1 aliphatic carbocycles. The zero-order valence-electron chi connectivity index (χ0n) is 11.6. The number of nitrogens with one attached hydrogen (secondary N) is 1. The van der Waals surface area contributed by atoms with Gasteiger partial charge in [-0.2, -0.15) is 0 Å². The Morgan fingerprint density at radius 1 is 1.17 bits per heavy atom. The molecule has 0 bridgehead atoms. The van der Waals surface area contributed by atoms with E-state index in [1.54, 1.807) is 0 Å². The molecule has 0 aliphatic heterocycles. The molecule has 0 radical (unpaired) electrons. The molecule has 0 fully saturated rings. The minimum atomic E-state index is -0.275. The van der Waals surface area contributed by atoms with Crippen molar-refractivity contribution >= 4 is 0 Å². The molecule has 0 amide bonds. The Hall–Kier alpha value is -0.860. The maximum atomic E-state index is 10.0. The summed E-state index contributed by atoms with van der Waals surface area (Å²) in [5.74, 6) is 0.636. The third-order valence-electron chi connectivity index (χ3n) is 3.57. The molecular weight excluding hydrogens is 222 g/mol. The van der Waals surface area contributed by atoms with Crippen molar-refractivity contribution in [1.29, 1.82) is 0 Å². The molecule has 2 heteroatoms. The molecule has 1 aromatic rings. The van der Waals surface area contributed by atoms with Gasteiger partial charge in [0.1, 0.15) is 0 Å². The van der Waals surface area contributed by atoms with E-state index in [2.05, 4.69) is 37.4 Å². The summed E-state index contributed by atoms with van der Waals surface area (Å²) in [6.07, 6.45) is 4.22. The number of benzene rings is 1. The second-order valence-corrected chi connectivity index (χ2v) is 5.87. The van der Waals surface area contributed by atoms with Gasteiger partial charge in [-0.05, 0) is 54.8 Å². The number of aryl methyl sites for hydroxylation is 2. The first-order chi connectivity index (χ1) is 8.65. The molecule has 2 nitrogen and oxygen atoms in total. The van der Waals surface area contributed by atoms with E-state index in [0.717, 1.165) is 13.0 Å². The van der Waals surface area contributed by atoms with Crippen molar-refractivity contribution in [2.75, 3.05) is 13.1 Å². The zero-order valence-corrected chi connectivity index (χ0v) is 11.6.